The lowest BCUT2D eigenvalue weighted by Crippen LogP contribution is -2.27. The molecule has 3 N–H and O–H groups in total. The van der Waals surface area contributed by atoms with E-state index < -0.39 is 10.0 Å². The molecule has 1 aliphatic rings. The molecule has 1 aromatic rings. The van der Waals surface area contributed by atoms with Crippen LogP contribution in [0.1, 0.15) is 19.3 Å². The Kier molecular flexibility index (Phi) is 4.61. The molecule has 0 spiro atoms. The summed E-state index contributed by atoms with van der Waals surface area (Å²) in [6.07, 6.45) is 3.64. The minimum absolute atomic E-state index is 0.0686. The van der Waals surface area contributed by atoms with Crippen LogP contribution in [-0.4, -0.2) is 33.2 Å². The highest BCUT2D eigenvalue weighted by molar-refractivity contribution is 7.92. The maximum atomic E-state index is 11.9. The average molecular weight is 297 g/mol. The van der Waals surface area contributed by atoms with Gasteiger partial charge in [-0.2, -0.15) is 0 Å². The van der Waals surface area contributed by atoms with Crippen molar-refractivity contribution in [2.75, 3.05) is 22.8 Å². The molecule has 0 radical (unpaired) electrons. The first-order chi connectivity index (χ1) is 9.42. The second-order valence-electron chi connectivity index (χ2n) is 5.00. The van der Waals surface area contributed by atoms with Gasteiger partial charge in [-0.15, -0.1) is 0 Å². The Morgan fingerprint density at radius 3 is 2.80 bits per heavy atom. The summed E-state index contributed by atoms with van der Waals surface area (Å²) in [5.41, 5.74) is 1.02. The van der Waals surface area contributed by atoms with E-state index in [4.69, 9.17) is 0 Å². The Morgan fingerprint density at radius 2 is 2.15 bits per heavy atom. The lowest BCUT2D eigenvalue weighted by molar-refractivity contribution is -0.116. The van der Waals surface area contributed by atoms with E-state index in [2.05, 4.69) is 15.4 Å². The van der Waals surface area contributed by atoms with Gasteiger partial charge in [0, 0.05) is 18.2 Å². The number of nitrogens with one attached hydrogen (secondary N) is 3. The van der Waals surface area contributed by atoms with Crippen molar-refractivity contribution in [2.45, 2.75) is 25.3 Å². The molecule has 20 heavy (non-hydrogen) atoms. The number of benzene rings is 1. The molecule has 110 valence electrons. The van der Waals surface area contributed by atoms with Gasteiger partial charge >= 0.3 is 0 Å². The molecule has 1 heterocycles. The van der Waals surface area contributed by atoms with Crippen LogP contribution >= 0.6 is 0 Å². The van der Waals surface area contributed by atoms with Crippen LogP contribution < -0.4 is 15.4 Å². The number of rotatable bonds is 5. The fourth-order valence-corrected chi connectivity index (χ4v) is 2.80. The molecule has 1 saturated heterocycles. The molecule has 7 heteroatoms. The van der Waals surface area contributed by atoms with Crippen LogP contribution in [0.4, 0.5) is 11.4 Å². The maximum Gasteiger partial charge on any atom is 0.229 e. The van der Waals surface area contributed by atoms with Crippen LogP contribution in [-0.2, 0) is 14.8 Å². The topological polar surface area (TPSA) is 87.3 Å². The van der Waals surface area contributed by atoms with E-state index in [9.17, 15) is 13.2 Å². The summed E-state index contributed by atoms with van der Waals surface area (Å²) >= 11 is 0. The monoisotopic (exact) mass is 297 g/mol. The van der Waals surface area contributed by atoms with Crippen LogP contribution in [0, 0.1) is 0 Å². The molecule has 0 saturated carbocycles. The van der Waals surface area contributed by atoms with Crippen molar-refractivity contribution < 1.29 is 13.2 Å². The molecular formula is C13H19N3O3S. The Morgan fingerprint density at radius 1 is 1.40 bits per heavy atom. The number of anilines is 2. The van der Waals surface area contributed by atoms with Crippen LogP contribution in [0.5, 0.6) is 0 Å². The van der Waals surface area contributed by atoms with Crippen molar-refractivity contribution >= 4 is 27.3 Å². The second kappa shape index (κ2) is 6.23. The van der Waals surface area contributed by atoms with Crippen molar-refractivity contribution in [3.63, 3.8) is 0 Å². The van der Waals surface area contributed by atoms with Gasteiger partial charge in [-0.3, -0.25) is 9.52 Å². The van der Waals surface area contributed by atoms with Gasteiger partial charge in [-0.05, 0) is 37.6 Å². The van der Waals surface area contributed by atoms with Crippen LogP contribution in [0.25, 0.3) is 0 Å². The highest BCUT2D eigenvalue weighted by Crippen LogP contribution is 2.17. The molecule has 1 amide bonds. The van der Waals surface area contributed by atoms with E-state index in [1.165, 1.54) is 0 Å². The minimum Gasteiger partial charge on any atom is -0.326 e. The summed E-state index contributed by atoms with van der Waals surface area (Å²) in [7, 11) is -3.31. The number of amides is 1. The molecule has 2 rings (SSSR count). The third-order valence-electron chi connectivity index (χ3n) is 3.04. The highest BCUT2D eigenvalue weighted by atomic mass is 32.2. The first-order valence-electron chi connectivity index (χ1n) is 6.53. The third kappa shape index (κ3) is 4.82. The molecule has 0 aromatic heterocycles. The Labute approximate surface area is 119 Å². The quantitative estimate of drug-likeness (QED) is 0.760. The van der Waals surface area contributed by atoms with Gasteiger partial charge in [-0.1, -0.05) is 6.07 Å². The SMILES string of the molecule is CS(=O)(=O)Nc1cccc(NC(=O)CC2CCCN2)c1. The summed E-state index contributed by atoms with van der Waals surface area (Å²) < 4.78 is 24.7. The summed E-state index contributed by atoms with van der Waals surface area (Å²) in [5.74, 6) is -0.0686. The van der Waals surface area contributed by atoms with Crippen molar-refractivity contribution in [1.29, 1.82) is 0 Å². The van der Waals surface area contributed by atoms with Gasteiger partial charge in [0.05, 0.1) is 11.9 Å². The van der Waals surface area contributed by atoms with Gasteiger partial charge in [-0.25, -0.2) is 8.42 Å². The molecule has 1 atom stereocenters. The zero-order valence-corrected chi connectivity index (χ0v) is 12.2. The lowest BCUT2D eigenvalue weighted by Gasteiger charge is -2.11. The van der Waals surface area contributed by atoms with E-state index in [1.807, 2.05) is 0 Å². The zero-order chi connectivity index (χ0) is 14.6. The standard InChI is InChI=1S/C13H19N3O3S/c1-20(18,19)16-12-5-2-4-11(8-12)15-13(17)9-10-6-3-7-14-10/h2,4-5,8,10,14,16H,3,6-7,9H2,1H3,(H,15,17). The van der Waals surface area contributed by atoms with E-state index in [-0.39, 0.29) is 11.9 Å². The molecule has 6 nitrogen and oxygen atoms in total. The fourth-order valence-electron chi connectivity index (χ4n) is 2.24. The molecule has 1 aromatic carbocycles. The highest BCUT2D eigenvalue weighted by Gasteiger charge is 2.17. The van der Waals surface area contributed by atoms with Crippen molar-refractivity contribution in [3.8, 4) is 0 Å². The minimum atomic E-state index is -3.31. The second-order valence-corrected chi connectivity index (χ2v) is 6.75. The van der Waals surface area contributed by atoms with E-state index >= 15 is 0 Å². The summed E-state index contributed by atoms with van der Waals surface area (Å²) in [6, 6.07) is 6.90. The average Bonchev–Trinajstić information content (AvgIpc) is 2.79. The van der Waals surface area contributed by atoms with Crippen LogP contribution in [0.15, 0.2) is 24.3 Å². The number of carbonyl (C=O) groups is 1. The smallest absolute Gasteiger partial charge is 0.229 e. The fraction of sp³-hybridized carbons (Fsp3) is 0.462. The Bertz CT molecular complexity index is 580. The first kappa shape index (κ1) is 14.8. The van der Waals surface area contributed by atoms with E-state index in [0.717, 1.165) is 25.6 Å². The van der Waals surface area contributed by atoms with Crippen LogP contribution in [0.2, 0.25) is 0 Å². The van der Waals surface area contributed by atoms with Gasteiger partial charge < -0.3 is 10.6 Å². The normalized spacial score (nSPS) is 18.8. The molecular weight excluding hydrogens is 278 g/mol. The van der Waals surface area contributed by atoms with Crippen molar-refractivity contribution in [3.05, 3.63) is 24.3 Å². The lowest BCUT2D eigenvalue weighted by atomic mass is 10.1. The summed E-state index contributed by atoms with van der Waals surface area (Å²) in [5, 5.41) is 6.04. The number of hydrogen-bond donors (Lipinski definition) is 3. The molecule has 1 aliphatic heterocycles. The summed E-state index contributed by atoms with van der Waals surface area (Å²) in [4.78, 5) is 11.9. The Hall–Kier alpha value is -1.60. The predicted molar refractivity (Wildman–Crippen MR) is 79.2 cm³/mol. The Balaban J connectivity index is 1.95. The van der Waals surface area contributed by atoms with Gasteiger partial charge in [0.15, 0.2) is 0 Å². The molecule has 0 bridgehead atoms. The largest absolute Gasteiger partial charge is 0.326 e. The van der Waals surface area contributed by atoms with E-state index in [1.54, 1.807) is 24.3 Å². The molecule has 1 unspecified atom stereocenters. The van der Waals surface area contributed by atoms with E-state index in [0.29, 0.717) is 17.8 Å². The third-order valence-corrected chi connectivity index (χ3v) is 3.65. The number of carbonyl (C=O) groups excluding carboxylic acids is 1. The first-order valence-corrected chi connectivity index (χ1v) is 8.42. The maximum absolute atomic E-state index is 11.9. The van der Waals surface area contributed by atoms with Gasteiger partial charge in [0.25, 0.3) is 0 Å². The van der Waals surface area contributed by atoms with Crippen molar-refractivity contribution in [1.82, 2.24) is 5.32 Å². The molecule has 0 aliphatic carbocycles. The van der Waals surface area contributed by atoms with Gasteiger partial charge in [0.1, 0.15) is 0 Å². The van der Waals surface area contributed by atoms with Crippen molar-refractivity contribution in [2.24, 2.45) is 0 Å². The van der Waals surface area contributed by atoms with Gasteiger partial charge in [0.2, 0.25) is 15.9 Å². The van der Waals surface area contributed by atoms with Crippen LogP contribution in [0.3, 0.4) is 0 Å². The summed E-state index contributed by atoms with van der Waals surface area (Å²) in [6.45, 7) is 0.964. The molecule has 1 fully saturated rings. The number of hydrogen-bond acceptors (Lipinski definition) is 4. The predicted octanol–water partition coefficient (Wildman–Crippen LogP) is 1.14. The zero-order valence-electron chi connectivity index (χ0n) is 11.3. The number of sulfonamides is 1.